The summed E-state index contributed by atoms with van der Waals surface area (Å²) in [6.45, 7) is 3.80. The summed E-state index contributed by atoms with van der Waals surface area (Å²) < 4.78 is 2.08. The largest absolute Gasteiger partial charge is 0.337 e. The van der Waals surface area contributed by atoms with Gasteiger partial charge in [-0.05, 0) is 26.3 Å². The number of rotatable bonds is 5. The molecule has 0 unspecified atom stereocenters. The first-order chi connectivity index (χ1) is 13.2. The smallest absolute Gasteiger partial charge is 0.150 e. The van der Waals surface area contributed by atoms with Gasteiger partial charge in [-0.15, -0.1) is 0 Å². The molecule has 1 aliphatic heterocycles. The number of hydrogen-bond acceptors (Lipinski definition) is 7. The molecule has 1 fully saturated rings. The Hall–Kier alpha value is -2.87. The number of aromatic nitrogens is 6. The lowest BCUT2D eigenvalue weighted by Gasteiger charge is -2.35. The predicted molar refractivity (Wildman–Crippen MR) is 102 cm³/mol. The van der Waals surface area contributed by atoms with Crippen molar-refractivity contribution in [3.8, 4) is 0 Å². The Kier molecular flexibility index (Phi) is 5.06. The van der Waals surface area contributed by atoms with Crippen LogP contribution < -0.4 is 5.32 Å². The van der Waals surface area contributed by atoms with Gasteiger partial charge in [-0.1, -0.05) is 6.42 Å². The SMILES string of the molecule is Cc1nc(Nc2cnccn2)cc([C@@H]2CCCCN2Cc2nccn2C)n1. The predicted octanol–water partition coefficient (Wildman–Crippen LogP) is 2.78. The van der Waals surface area contributed by atoms with Gasteiger partial charge in [0.1, 0.15) is 23.3 Å². The average Bonchev–Trinajstić information content (AvgIpc) is 3.07. The number of nitrogens with one attached hydrogen (secondary N) is 1. The van der Waals surface area contributed by atoms with E-state index in [-0.39, 0.29) is 6.04 Å². The molecule has 140 valence electrons. The third kappa shape index (κ3) is 4.11. The average molecular weight is 364 g/mol. The number of aryl methyl sites for hydroxylation is 2. The van der Waals surface area contributed by atoms with Crippen LogP contribution >= 0.6 is 0 Å². The van der Waals surface area contributed by atoms with Crippen LogP contribution in [0.15, 0.2) is 37.1 Å². The molecule has 4 heterocycles. The van der Waals surface area contributed by atoms with Crippen molar-refractivity contribution >= 4 is 11.6 Å². The lowest BCUT2D eigenvalue weighted by atomic mass is 9.99. The number of nitrogens with zero attached hydrogens (tertiary/aromatic N) is 7. The highest BCUT2D eigenvalue weighted by molar-refractivity contribution is 5.50. The highest BCUT2D eigenvalue weighted by atomic mass is 15.2. The van der Waals surface area contributed by atoms with Crippen LogP contribution in [-0.4, -0.2) is 40.9 Å². The summed E-state index contributed by atoms with van der Waals surface area (Å²) in [6, 6.07) is 2.29. The second kappa shape index (κ2) is 7.79. The third-order valence-corrected chi connectivity index (χ3v) is 4.90. The first-order valence-electron chi connectivity index (χ1n) is 9.28. The summed E-state index contributed by atoms with van der Waals surface area (Å²) in [5.74, 6) is 3.25. The van der Waals surface area contributed by atoms with Gasteiger partial charge in [0.25, 0.3) is 0 Å². The van der Waals surface area contributed by atoms with Crippen molar-refractivity contribution in [3.63, 3.8) is 0 Å². The zero-order valence-electron chi connectivity index (χ0n) is 15.7. The standard InChI is InChI=1S/C19H24N8/c1-14-23-15(11-17(24-14)25-18-12-20-6-7-21-18)16-5-3-4-9-27(16)13-19-22-8-10-26(19)2/h6-8,10-12,16H,3-5,9,13H2,1-2H3,(H,21,23,24,25)/t16-/m0/s1. The minimum absolute atomic E-state index is 0.263. The molecule has 0 aliphatic carbocycles. The van der Waals surface area contributed by atoms with Crippen LogP contribution in [0.3, 0.4) is 0 Å². The van der Waals surface area contributed by atoms with Gasteiger partial charge in [-0.25, -0.2) is 19.9 Å². The van der Waals surface area contributed by atoms with E-state index in [1.165, 1.54) is 12.8 Å². The second-order valence-corrected chi connectivity index (χ2v) is 6.88. The molecule has 0 spiro atoms. The molecule has 0 amide bonds. The molecule has 0 saturated carbocycles. The minimum atomic E-state index is 0.263. The number of imidazole rings is 1. The molecule has 0 bridgehead atoms. The van der Waals surface area contributed by atoms with E-state index >= 15 is 0 Å². The van der Waals surface area contributed by atoms with Crippen molar-refractivity contribution in [1.29, 1.82) is 0 Å². The lowest BCUT2D eigenvalue weighted by molar-refractivity contribution is 0.132. The Morgan fingerprint density at radius 3 is 2.81 bits per heavy atom. The molecule has 3 aromatic rings. The molecule has 3 aromatic heterocycles. The van der Waals surface area contributed by atoms with E-state index in [1.54, 1.807) is 18.6 Å². The first kappa shape index (κ1) is 17.5. The van der Waals surface area contributed by atoms with Gasteiger partial charge >= 0.3 is 0 Å². The Bertz CT molecular complexity index is 892. The summed E-state index contributed by atoms with van der Waals surface area (Å²) in [6.07, 6.45) is 12.3. The normalized spacial score (nSPS) is 17.8. The number of likely N-dealkylation sites (tertiary alicyclic amines) is 1. The molecule has 4 rings (SSSR count). The van der Waals surface area contributed by atoms with Crippen LogP contribution in [0.1, 0.15) is 42.6 Å². The molecule has 0 aromatic carbocycles. The van der Waals surface area contributed by atoms with E-state index in [0.717, 1.165) is 42.7 Å². The molecule has 1 atom stereocenters. The maximum atomic E-state index is 4.75. The molecule has 1 saturated heterocycles. The Morgan fingerprint density at radius 1 is 1.11 bits per heavy atom. The molecular weight excluding hydrogens is 340 g/mol. The van der Waals surface area contributed by atoms with Crippen molar-refractivity contribution < 1.29 is 0 Å². The fourth-order valence-corrected chi connectivity index (χ4v) is 3.57. The molecule has 1 aliphatic rings. The van der Waals surface area contributed by atoms with Gasteiger partial charge < -0.3 is 9.88 Å². The van der Waals surface area contributed by atoms with Crippen LogP contribution in [0.4, 0.5) is 11.6 Å². The van der Waals surface area contributed by atoms with E-state index in [0.29, 0.717) is 5.82 Å². The molecule has 0 radical (unpaired) electrons. The topological polar surface area (TPSA) is 84.7 Å². The van der Waals surface area contributed by atoms with Crippen LogP contribution in [0.2, 0.25) is 0 Å². The van der Waals surface area contributed by atoms with Crippen LogP contribution in [-0.2, 0) is 13.6 Å². The second-order valence-electron chi connectivity index (χ2n) is 6.88. The van der Waals surface area contributed by atoms with Crippen molar-refractivity contribution in [3.05, 3.63) is 54.4 Å². The van der Waals surface area contributed by atoms with Crippen molar-refractivity contribution in [2.24, 2.45) is 7.05 Å². The van der Waals surface area contributed by atoms with Crippen molar-refractivity contribution in [2.75, 3.05) is 11.9 Å². The van der Waals surface area contributed by atoms with Crippen molar-refractivity contribution in [1.82, 2.24) is 34.4 Å². The van der Waals surface area contributed by atoms with E-state index in [4.69, 9.17) is 4.98 Å². The van der Waals surface area contributed by atoms with E-state index in [2.05, 4.69) is 34.7 Å². The zero-order chi connectivity index (χ0) is 18.6. The zero-order valence-corrected chi connectivity index (χ0v) is 15.7. The molecule has 8 nitrogen and oxygen atoms in total. The Balaban J connectivity index is 1.59. The van der Waals surface area contributed by atoms with E-state index in [9.17, 15) is 0 Å². The highest BCUT2D eigenvalue weighted by Crippen LogP contribution is 2.32. The highest BCUT2D eigenvalue weighted by Gasteiger charge is 2.26. The molecule has 1 N–H and O–H groups in total. The summed E-state index contributed by atoms with van der Waals surface area (Å²) >= 11 is 0. The summed E-state index contributed by atoms with van der Waals surface area (Å²) in [5.41, 5.74) is 1.04. The van der Waals surface area contributed by atoms with Gasteiger partial charge in [-0.3, -0.25) is 9.88 Å². The molecule has 8 heteroatoms. The monoisotopic (exact) mass is 364 g/mol. The summed E-state index contributed by atoms with van der Waals surface area (Å²) in [4.78, 5) is 24.6. The minimum Gasteiger partial charge on any atom is -0.337 e. The maximum absolute atomic E-state index is 4.75. The van der Waals surface area contributed by atoms with Crippen molar-refractivity contribution in [2.45, 2.75) is 38.8 Å². The first-order valence-corrected chi connectivity index (χ1v) is 9.28. The van der Waals surface area contributed by atoms with Crippen LogP contribution in [0.5, 0.6) is 0 Å². The molecular formula is C19H24N8. The number of anilines is 2. The Morgan fingerprint density at radius 2 is 2.04 bits per heavy atom. The summed E-state index contributed by atoms with van der Waals surface area (Å²) in [5, 5.41) is 3.23. The number of hydrogen-bond donors (Lipinski definition) is 1. The van der Waals surface area contributed by atoms with Crippen LogP contribution in [0, 0.1) is 6.92 Å². The summed E-state index contributed by atoms with van der Waals surface area (Å²) in [7, 11) is 2.04. The van der Waals surface area contributed by atoms with Gasteiger partial charge in [0.15, 0.2) is 0 Å². The Labute approximate surface area is 158 Å². The fourth-order valence-electron chi connectivity index (χ4n) is 3.57. The van der Waals surface area contributed by atoms with Gasteiger partial charge in [0.05, 0.1) is 24.5 Å². The van der Waals surface area contributed by atoms with E-state index in [1.807, 2.05) is 32.4 Å². The number of piperidine rings is 1. The van der Waals surface area contributed by atoms with E-state index < -0.39 is 0 Å². The molecule has 27 heavy (non-hydrogen) atoms. The third-order valence-electron chi connectivity index (χ3n) is 4.90. The lowest BCUT2D eigenvalue weighted by Crippen LogP contribution is -2.34. The van der Waals surface area contributed by atoms with Gasteiger partial charge in [0, 0.05) is 37.9 Å². The quantitative estimate of drug-likeness (QED) is 0.745. The maximum Gasteiger partial charge on any atom is 0.150 e. The van der Waals surface area contributed by atoms with Gasteiger partial charge in [-0.2, -0.15) is 0 Å². The fraction of sp³-hybridized carbons (Fsp3) is 0.421. The van der Waals surface area contributed by atoms with Crippen LogP contribution in [0.25, 0.3) is 0 Å². The van der Waals surface area contributed by atoms with Gasteiger partial charge in [0.2, 0.25) is 0 Å².